The summed E-state index contributed by atoms with van der Waals surface area (Å²) in [6.07, 6.45) is 0. The maximum Gasteiger partial charge on any atom is 0.243 e. The third-order valence-electron chi connectivity index (χ3n) is 4.90. The number of halogens is 1. The summed E-state index contributed by atoms with van der Waals surface area (Å²) < 4.78 is 51.3. The maximum absolute atomic E-state index is 13.3. The normalized spacial score (nSPS) is 12.7. The molecule has 7 nitrogen and oxygen atoms in total. The predicted molar refractivity (Wildman–Crippen MR) is 115 cm³/mol. The van der Waals surface area contributed by atoms with Crippen LogP contribution in [0.5, 0.6) is 11.5 Å². The van der Waals surface area contributed by atoms with Crippen molar-refractivity contribution < 1.29 is 27.1 Å². The summed E-state index contributed by atoms with van der Waals surface area (Å²) >= 11 is 0. The fraction of sp³-hybridized carbons (Fsp3) is 0.174. The Balaban J connectivity index is 1.49. The van der Waals surface area contributed by atoms with Crippen LogP contribution in [-0.2, 0) is 27.9 Å². The van der Waals surface area contributed by atoms with E-state index in [0.29, 0.717) is 11.5 Å². The van der Waals surface area contributed by atoms with Crippen LogP contribution in [0.1, 0.15) is 11.1 Å². The number of carbonyl (C=O) groups excluding carboxylic acids is 1. The molecule has 0 saturated heterocycles. The lowest BCUT2D eigenvalue weighted by molar-refractivity contribution is -0.121. The van der Waals surface area contributed by atoms with E-state index in [1.54, 1.807) is 42.5 Å². The van der Waals surface area contributed by atoms with Gasteiger partial charge in [-0.2, -0.15) is 4.31 Å². The van der Waals surface area contributed by atoms with Crippen molar-refractivity contribution in [1.82, 2.24) is 9.62 Å². The SMILES string of the molecule is O=C(CN(Cc1ccccc1)S(=O)(=O)c1ccc(F)cc1)NCc1ccc2c(c1)OCO2. The number of fused-ring (bicyclic) bond motifs is 1. The van der Waals surface area contributed by atoms with Crippen molar-refractivity contribution in [2.24, 2.45) is 0 Å². The molecule has 0 atom stereocenters. The Morgan fingerprint density at radius 2 is 1.66 bits per heavy atom. The lowest BCUT2D eigenvalue weighted by Gasteiger charge is -2.22. The molecule has 32 heavy (non-hydrogen) atoms. The fourth-order valence-corrected chi connectivity index (χ4v) is 4.62. The molecule has 1 amide bonds. The molecule has 9 heteroatoms. The van der Waals surface area contributed by atoms with Gasteiger partial charge in [0.05, 0.1) is 11.4 Å². The molecule has 0 saturated carbocycles. The average molecular weight is 456 g/mol. The van der Waals surface area contributed by atoms with Gasteiger partial charge in [0.2, 0.25) is 22.7 Å². The molecule has 0 unspecified atom stereocenters. The zero-order valence-electron chi connectivity index (χ0n) is 17.0. The van der Waals surface area contributed by atoms with E-state index in [1.807, 2.05) is 6.07 Å². The minimum Gasteiger partial charge on any atom is -0.454 e. The quantitative estimate of drug-likeness (QED) is 0.563. The van der Waals surface area contributed by atoms with E-state index >= 15 is 0 Å². The number of benzene rings is 3. The summed E-state index contributed by atoms with van der Waals surface area (Å²) in [7, 11) is -4.03. The lowest BCUT2D eigenvalue weighted by atomic mass is 10.2. The Bertz CT molecular complexity index is 1200. The molecule has 1 aliphatic rings. The number of amides is 1. The summed E-state index contributed by atoms with van der Waals surface area (Å²) in [5.74, 6) is 0.227. The molecular weight excluding hydrogens is 435 g/mol. The summed E-state index contributed by atoms with van der Waals surface area (Å²) in [6.45, 7) is -0.0385. The highest BCUT2D eigenvalue weighted by molar-refractivity contribution is 7.89. The average Bonchev–Trinajstić information content (AvgIpc) is 3.26. The number of carbonyl (C=O) groups is 1. The van der Waals surface area contributed by atoms with Gasteiger partial charge in [0, 0.05) is 13.1 Å². The van der Waals surface area contributed by atoms with Crippen molar-refractivity contribution in [2.45, 2.75) is 18.0 Å². The van der Waals surface area contributed by atoms with Gasteiger partial charge < -0.3 is 14.8 Å². The minimum atomic E-state index is -4.03. The Morgan fingerprint density at radius 1 is 0.938 bits per heavy atom. The standard InChI is InChI=1S/C23H21FN2O5S/c24-19-7-9-20(10-8-19)32(28,29)26(14-17-4-2-1-3-5-17)15-23(27)25-13-18-6-11-21-22(12-18)31-16-30-21/h1-12H,13-16H2,(H,25,27). The molecule has 0 bridgehead atoms. The van der Waals surface area contributed by atoms with Crippen molar-refractivity contribution in [3.63, 3.8) is 0 Å². The van der Waals surface area contributed by atoms with Gasteiger partial charge in [-0.3, -0.25) is 4.79 Å². The second-order valence-electron chi connectivity index (χ2n) is 7.18. The summed E-state index contributed by atoms with van der Waals surface area (Å²) in [5.41, 5.74) is 1.51. The van der Waals surface area contributed by atoms with E-state index in [2.05, 4.69) is 5.32 Å². The molecular formula is C23H21FN2O5S. The monoisotopic (exact) mass is 456 g/mol. The molecule has 0 radical (unpaired) electrons. The second kappa shape index (κ2) is 9.37. The first kappa shape index (κ1) is 21.8. The summed E-state index contributed by atoms with van der Waals surface area (Å²) in [6, 6.07) is 18.8. The molecule has 0 spiro atoms. The van der Waals surface area contributed by atoms with Crippen molar-refractivity contribution in [3.05, 3.63) is 89.7 Å². The molecule has 0 fully saturated rings. The van der Waals surface area contributed by atoms with Crippen LogP contribution in [0.25, 0.3) is 0 Å². The van der Waals surface area contributed by atoms with Crippen LogP contribution in [0, 0.1) is 5.82 Å². The molecule has 1 N–H and O–H groups in total. The highest BCUT2D eigenvalue weighted by Crippen LogP contribution is 2.32. The molecule has 3 aromatic carbocycles. The van der Waals surface area contributed by atoms with Crippen molar-refractivity contribution in [1.29, 1.82) is 0 Å². The Kier molecular flexibility index (Phi) is 6.38. The molecule has 0 aromatic heterocycles. The van der Waals surface area contributed by atoms with E-state index in [-0.39, 0.29) is 31.3 Å². The zero-order valence-corrected chi connectivity index (χ0v) is 17.8. The molecule has 1 heterocycles. The first-order valence-electron chi connectivity index (χ1n) is 9.87. The molecule has 1 aliphatic heterocycles. The van der Waals surface area contributed by atoms with E-state index in [0.717, 1.165) is 27.6 Å². The van der Waals surface area contributed by atoms with Gasteiger partial charge in [0.1, 0.15) is 5.82 Å². The van der Waals surface area contributed by atoms with Gasteiger partial charge in [-0.05, 0) is 47.5 Å². The Labute approximate surface area is 185 Å². The Hall–Kier alpha value is -3.43. The van der Waals surface area contributed by atoms with Gasteiger partial charge >= 0.3 is 0 Å². The van der Waals surface area contributed by atoms with Crippen molar-refractivity contribution in [2.75, 3.05) is 13.3 Å². The zero-order chi connectivity index (χ0) is 22.6. The van der Waals surface area contributed by atoms with Gasteiger partial charge in [-0.25, -0.2) is 12.8 Å². The van der Waals surface area contributed by atoms with E-state index in [1.165, 1.54) is 12.1 Å². The van der Waals surface area contributed by atoms with Gasteiger partial charge in [-0.15, -0.1) is 0 Å². The van der Waals surface area contributed by atoms with Gasteiger partial charge in [0.25, 0.3) is 0 Å². The summed E-state index contributed by atoms with van der Waals surface area (Å²) in [5, 5.41) is 2.74. The first-order chi connectivity index (χ1) is 15.4. The number of nitrogens with zero attached hydrogens (tertiary/aromatic N) is 1. The Morgan fingerprint density at radius 3 is 2.41 bits per heavy atom. The van der Waals surface area contributed by atoms with Gasteiger partial charge in [-0.1, -0.05) is 36.4 Å². The second-order valence-corrected chi connectivity index (χ2v) is 9.11. The van der Waals surface area contributed by atoms with Gasteiger partial charge in [0.15, 0.2) is 11.5 Å². The third kappa shape index (κ3) is 5.06. The van der Waals surface area contributed by atoms with Crippen LogP contribution in [0.2, 0.25) is 0 Å². The molecule has 0 aliphatic carbocycles. The largest absolute Gasteiger partial charge is 0.454 e. The van der Waals surface area contributed by atoms with Crippen LogP contribution in [0.4, 0.5) is 4.39 Å². The lowest BCUT2D eigenvalue weighted by Crippen LogP contribution is -2.40. The van der Waals surface area contributed by atoms with Crippen LogP contribution < -0.4 is 14.8 Å². The van der Waals surface area contributed by atoms with E-state index < -0.39 is 21.7 Å². The highest BCUT2D eigenvalue weighted by atomic mass is 32.2. The number of hydrogen-bond donors (Lipinski definition) is 1. The number of hydrogen-bond acceptors (Lipinski definition) is 5. The molecule has 4 rings (SSSR count). The highest BCUT2D eigenvalue weighted by Gasteiger charge is 2.27. The maximum atomic E-state index is 13.3. The number of rotatable bonds is 8. The first-order valence-corrected chi connectivity index (χ1v) is 11.3. The topological polar surface area (TPSA) is 84.9 Å². The van der Waals surface area contributed by atoms with E-state index in [9.17, 15) is 17.6 Å². The van der Waals surface area contributed by atoms with Crippen molar-refractivity contribution in [3.8, 4) is 11.5 Å². The third-order valence-corrected chi connectivity index (χ3v) is 6.71. The van der Waals surface area contributed by atoms with Crippen LogP contribution >= 0.6 is 0 Å². The summed E-state index contributed by atoms with van der Waals surface area (Å²) in [4.78, 5) is 12.6. The van der Waals surface area contributed by atoms with Crippen LogP contribution in [-0.4, -0.2) is 32.0 Å². The minimum absolute atomic E-state index is 0.00199. The number of nitrogens with one attached hydrogen (secondary N) is 1. The molecule has 166 valence electrons. The van der Waals surface area contributed by atoms with Crippen LogP contribution in [0.3, 0.4) is 0 Å². The fourth-order valence-electron chi connectivity index (χ4n) is 3.24. The number of ether oxygens (including phenoxy) is 2. The number of sulfonamides is 1. The predicted octanol–water partition coefficient (Wildman–Crippen LogP) is 3.06. The molecule has 3 aromatic rings. The van der Waals surface area contributed by atoms with Crippen LogP contribution in [0.15, 0.2) is 77.7 Å². The van der Waals surface area contributed by atoms with E-state index in [4.69, 9.17) is 9.47 Å². The smallest absolute Gasteiger partial charge is 0.243 e. The van der Waals surface area contributed by atoms with Crippen molar-refractivity contribution >= 4 is 15.9 Å².